The van der Waals surface area contributed by atoms with E-state index in [9.17, 15) is 4.79 Å². The van der Waals surface area contributed by atoms with Crippen molar-refractivity contribution < 1.29 is 4.79 Å². The van der Waals surface area contributed by atoms with Gasteiger partial charge in [-0.15, -0.1) is 0 Å². The summed E-state index contributed by atoms with van der Waals surface area (Å²) in [5.41, 5.74) is 1.04. The summed E-state index contributed by atoms with van der Waals surface area (Å²) in [6, 6.07) is 0.234. The van der Waals surface area contributed by atoms with Crippen LogP contribution < -0.4 is 10.6 Å². The normalized spacial score (nSPS) is 16.5. The van der Waals surface area contributed by atoms with E-state index in [1.165, 1.54) is 0 Å². The summed E-state index contributed by atoms with van der Waals surface area (Å²) in [7, 11) is 0. The second-order valence-corrected chi connectivity index (χ2v) is 4.40. The molecule has 1 aromatic rings. The average molecular weight is 234 g/mol. The summed E-state index contributed by atoms with van der Waals surface area (Å²) in [6.45, 7) is 6.13. The minimum absolute atomic E-state index is 0.0728. The minimum atomic E-state index is -0.178. The van der Waals surface area contributed by atoms with E-state index in [1.807, 2.05) is 13.1 Å². The molecule has 1 atom stereocenters. The fourth-order valence-electron chi connectivity index (χ4n) is 1.49. The Morgan fingerprint density at radius 2 is 2.53 bits per heavy atom. The Hall–Kier alpha value is -1.62. The van der Waals surface area contributed by atoms with Gasteiger partial charge < -0.3 is 10.6 Å². The third-order valence-corrected chi connectivity index (χ3v) is 2.77. The Kier molecular flexibility index (Phi) is 3.58. The molecule has 0 saturated heterocycles. The highest BCUT2D eigenvalue weighted by Gasteiger charge is 2.25. The van der Waals surface area contributed by atoms with Crippen molar-refractivity contribution in [1.29, 1.82) is 0 Å². The molecular formula is C12H18N4O. The summed E-state index contributed by atoms with van der Waals surface area (Å²) in [6.07, 6.45) is 7.51. The van der Waals surface area contributed by atoms with Crippen molar-refractivity contribution in [3.05, 3.63) is 24.5 Å². The first-order chi connectivity index (χ1) is 8.19. The molecule has 0 radical (unpaired) electrons. The van der Waals surface area contributed by atoms with Gasteiger partial charge in [-0.2, -0.15) is 5.10 Å². The standard InChI is InChI=1S/C12H18N4O/c1-3-16-8-10(7-14-16)6-13-9(2)12(17)15-11-4-5-11/h3,7-9,11,13H,1,4-6H2,2H3,(H,15,17). The zero-order chi connectivity index (χ0) is 12.3. The maximum atomic E-state index is 11.7. The molecule has 0 spiro atoms. The highest BCUT2D eigenvalue weighted by molar-refractivity contribution is 5.81. The molecule has 0 aliphatic heterocycles. The molecule has 92 valence electrons. The molecule has 2 rings (SSSR count). The number of hydrogen-bond acceptors (Lipinski definition) is 3. The maximum Gasteiger partial charge on any atom is 0.237 e. The number of rotatable bonds is 6. The summed E-state index contributed by atoms with van der Waals surface area (Å²) in [4.78, 5) is 11.7. The third-order valence-electron chi connectivity index (χ3n) is 2.77. The van der Waals surface area contributed by atoms with E-state index in [2.05, 4.69) is 22.3 Å². The Morgan fingerprint density at radius 3 is 3.12 bits per heavy atom. The zero-order valence-corrected chi connectivity index (χ0v) is 10.0. The number of carbonyl (C=O) groups excluding carboxylic acids is 1. The van der Waals surface area contributed by atoms with Crippen LogP contribution in [0.5, 0.6) is 0 Å². The van der Waals surface area contributed by atoms with E-state index in [1.54, 1.807) is 17.1 Å². The van der Waals surface area contributed by atoms with Crippen molar-refractivity contribution >= 4 is 12.1 Å². The van der Waals surface area contributed by atoms with Gasteiger partial charge in [0.1, 0.15) is 0 Å². The molecular weight excluding hydrogens is 216 g/mol. The minimum Gasteiger partial charge on any atom is -0.352 e. The fourth-order valence-corrected chi connectivity index (χ4v) is 1.49. The predicted octanol–water partition coefficient (Wildman–Crippen LogP) is 0.740. The lowest BCUT2D eigenvalue weighted by molar-refractivity contribution is -0.122. The largest absolute Gasteiger partial charge is 0.352 e. The molecule has 17 heavy (non-hydrogen) atoms. The van der Waals surface area contributed by atoms with Gasteiger partial charge in [0.05, 0.1) is 12.2 Å². The molecule has 1 fully saturated rings. The second-order valence-electron chi connectivity index (χ2n) is 4.40. The van der Waals surface area contributed by atoms with E-state index in [0.717, 1.165) is 18.4 Å². The fraction of sp³-hybridized carbons (Fsp3) is 0.500. The summed E-state index contributed by atoms with van der Waals surface area (Å²) >= 11 is 0. The highest BCUT2D eigenvalue weighted by atomic mass is 16.2. The number of amides is 1. The molecule has 2 N–H and O–H groups in total. The molecule has 1 aliphatic rings. The Bertz CT molecular complexity index is 408. The van der Waals surface area contributed by atoms with Gasteiger partial charge in [-0.05, 0) is 19.8 Å². The highest BCUT2D eigenvalue weighted by Crippen LogP contribution is 2.18. The topological polar surface area (TPSA) is 59.0 Å². The third kappa shape index (κ3) is 3.42. The van der Waals surface area contributed by atoms with E-state index in [4.69, 9.17) is 0 Å². The molecule has 0 aromatic carbocycles. The number of nitrogens with zero attached hydrogens (tertiary/aromatic N) is 2. The van der Waals surface area contributed by atoms with Crippen molar-refractivity contribution in [3.8, 4) is 0 Å². The van der Waals surface area contributed by atoms with Gasteiger partial charge in [0, 0.05) is 30.5 Å². The number of hydrogen-bond donors (Lipinski definition) is 2. The Balaban J connectivity index is 1.76. The number of carbonyl (C=O) groups is 1. The van der Waals surface area contributed by atoms with Crippen LogP contribution in [0, 0.1) is 0 Å². The van der Waals surface area contributed by atoms with Gasteiger partial charge in [0.15, 0.2) is 0 Å². The molecule has 1 unspecified atom stereocenters. The first kappa shape index (κ1) is 11.9. The van der Waals surface area contributed by atoms with Crippen LogP contribution in [0.25, 0.3) is 6.20 Å². The molecule has 1 saturated carbocycles. The molecule has 1 aromatic heterocycles. The van der Waals surface area contributed by atoms with Gasteiger partial charge >= 0.3 is 0 Å². The van der Waals surface area contributed by atoms with Crippen molar-refractivity contribution in [2.75, 3.05) is 0 Å². The molecule has 5 nitrogen and oxygen atoms in total. The van der Waals surface area contributed by atoms with Crippen LogP contribution >= 0.6 is 0 Å². The molecule has 0 bridgehead atoms. The van der Waals surface area contributed by atoms with Gasteiger partial charge in [-0.25, -0.2) is 4.68 Å². The van der Waals surface area contributed by atoms with Gasteiger partial charge in [-0.1, -0.05) is 6.58 Å². The van der Waals surface area contributed by atoms with Crippen LogP contribution in [0.3, 0.4) is 0 Å². The smallest absolute Gasteiger partial charge is 0.237 e. The van der Waals surface area contributed by atoms with Crippen molar-refractivity contribution in [1.82, 2.24) is 20.4 Å². The predicted molar refractivity (Wildman–Crippen MR) is 66.1 cm³/mol. The van der Waals surface area contributed by atoms with Crippen LogP contribution in [0.15, 0.2) is 19.0 Å². The summed E-state index contributed by atoms with van der Waals surface area (Å²) < 4.78 is 1.64. The van der Waals surface area contributed by atoms with Gasteiger partial charge in [-0.3, -0.25) is 4.79 Å². The Morgan fingerprint density at radius 1 is 1.76 bits per heavy atom. The monoisotopic (exact) mass is 234 g/mol. The van der Waals surface area contributed by atoms with Crippen LogP contribution in [-0.4, -0.2) is 27.8 Å². The van der Waals surface area contributed by atoms with Crippen LogP contribution in [0.4, 0.5) is 0 Å². The molecule has 1 amide bonds. The lowest BCUT2D eigenvalue weighted by Gasteiger charge is -2.12. The zero-order valence-electron chi connectivity index (χ0n) is 10.0. The van der Waals surface area contributed by atoms with E-state index < -0.39 is 0 Å². The Labute approximate surface area is 101 Å². The van der Waals surface area contributed by atoms with Crippen molar-refractivity contribution in [2.24, 2.45) is 0 Å². The number of nitrogens with one attached hydrogen (secondary N) is 2. The van der Waals surface area contributed by atoms with E-state index in [-0.39, 0.29) is 11.9 Å². The molecule has 5 heteroatoms. The van der Waals surface area contributed by atoms with Crippen LogP contribution in [-0.2, 0) is 11.3 Å². The van der Waals surface area contributed by atoms with Crippen molar-refractivity contribution in [2.45, 2.75) is 38.4 Å². The SMILES string of the molecule is C=Cn1cc(CNC(C)C(=O)NC2CC2)cn1. The van der Waals surface area contributed by atoms with Crippen LogP contribution in [0.1, 0.15) is 25.3 Å². The first-order valence-corrected chi connectivity index (χ1v) is 5.88. The van der Waals surface area contributed by atoms with E-state index in [0.29, 0.717) is 12.6 Å². The number of aromatic nitrogens is 2. The van der Waals surface area contributed by atoms with Gasteiger partial charge in [0.25, 0.3) is 0 Å². The molecule has 1 aliphatic carbocycles. The molecule has 1 heterocycles. The maximum absolute atomic E-state index is 11.7. The van der Waals surface area contributed by atoms with E-state index >= 15 is 0 Å². The quantitative estimate of drug-likeness (QED) is 0.763. The lowest BCUT2D eigenvalue weighted by Crippen LogP contribution is -2.42. The first-order valence-electron chi connectivity index (χ1n) is 5.88. The summed E-state index contributed by atoms with van der Waals surface area (Å²) in [5.74, 6) is 0.0728. The second kappa shape index (κ2) is 5.14. The average Bonchev–Trinajstić information content (AvgIpc) is 3.02. The van der Waals surface area contributed by atoms with Crippen LogP contribution in [0.2, 0.25) is 0 Å². The summed E-state index contributed by atoms with van der Waals surface area (Å²) in [5, 5.41) is 10.2. The van der Waals surface area contributed by atoms with Crippen molar-refractivity contribution in [3.63, 3.8) is 0 Å². The van der Waals surface area contributed by atoms with Gasteiger partial charge in [0.2, 0.25) is 5.91 Å². The lowest BCUT2D eigenvalue weighted by atomic mass is 10.3.